The molecule has 2 heteroatoms. The van der Waals surface area contributed by atoms with Crippen LogP contribution in [-0.4, -0.2) is 11.2 Å². The summed E-state index contributed by atoms with van der Waals surface area (Å²) in [6.07, 6.45) is 0. The maximum Gasteiger partial charge on any atom is 0.143 e. The van der Waals surface area contributed by atoms with Gasteiger partial charge in [0.25, 0.3) is 0 Å². The molecule has 0 unspecified atom stereocenters. The number of para-hydroxylation sites is 2. The first kappa shape index (κ1) is 13.5. The monoisotopic (exact) mass is 277 g/mol. The summed E-state index contributed by atoms with van der Waals surface area (Å²) in [6, 6.07) is 22.9. The number of hydrogen-bond acceptors (Lipinski definition) is 1. The minimum Gasteiger partial charge on any atom is -0.492 e. The Balaban J connectivity index is 2.18. The number of hydrogen-bond donors (Lipinski definition) is 0. The molecule has 3 rings (SSSR count). The summed E-state index contributed by atoms with van der Waals surface area (Å²) in [6.45, 7) is 4.80. The van der Waals surface area contributed by atoms with Crippen LogP contribution in [0, 0.1) is 6.92 Å². The molecule has 21 heavy (non-hydrogen) atoms. The van der Waals surface area contributed by atoms with E-state index < -0.39 is 0 Å². The van der Waals surface area contributed by atoms with E-state index in [4.69, 9.17) is 4.74 Å². The normalized spacial score (nSPS) is 10.6. The van der Waals surface area contributed by atoms with Crippen LogP contribution in [0.3, 0.4) is 0 Å². The first-order valence-corrected chi connectivity index (χ1v) is 7.27. The van der Waals surface area contributed by atoms with E-state index in [2.05, 4.69) is 54.0 Å². The molecule has 0 N–H and O–H groups in total. The van der Waals surface area contributed by atoms with Crippen molar-refractivity contribution in [2.75, 3.05) is 6.61 Å². The van der Waals surface area contributed by atoms with Gasteiger partial charge in [-0.2, -0.15) is 0 Å². The predicted molar refractivity (Wildman–Crippen MR) is 87.1 cm³/mol. The lowest BCUT2D eigenvalue weighted by atomic mass is 10.1. The number of benzene rings is 2. The molecule has 2 aromatic carbocycles. The Morgan fingerprint density at radius 3 is 2.33 bits per heavy atom. The van der Waals surface area contributed by atoms with Crippen LogP contribution >= 0.6 is 0 Å². The largest absolute Gasteiger partial charge is 0.492 e. The molecule has 0 saturated heterocycles. The highest BCUT2D eigenvalue weighted by Crippen LogP contribution is 2.31. The summed E-state index contributed by atoms with van der Waals surface area (Å²) in [5, 5.41) is 0. The van der Waals surface area contributed by atoms with Crippen LogP contribution in [0.15, 0.2) is 66.7 Å². The van der Waals surface area contributed by atoms with Crippen LogP contribution in [0.25, 0.3) is 16.9 Å². The van der Waals surface area contributed by atoms with Gasteiger partial charge in [-0.3, -0.25) is 0 Å². The number of aryl methyl sites for hydroxylation is 1. The molecule has 3 aromatic rings. The molecule has 0 radical (unpaired) electrons. The Bertz CT molecular complexity index is 728. The quantitative estimate of drug-likeness (QED) is 0.665. The SMILES string of the molecule is CCOc1ccccc1-n1c(C)ccc1-c1ccccc1. The summed E-state index contributed by atoms with van der Waals surface area (Å²) >= 11 is 0. The van der Waals surface area contributed by atoms with Crippen molar-refractivity contribution in [3.05, 3.63) is 72.4 Å². The summed E-state index contributed by atoms with van der Waals surface area (Å²) in [5.74, 6) is 0.913. The Labute approximate surface area is 125 Å². The van der Waals surface area contributed by atoms with Gasteiger partial charge in [0.15, 0.2) is 0 Å². The van der Waals surface area contributed by atoms with Gasteiger partial charge in [0, 0.05) is 5.69 Å². The molecular weight excluding hydrogens is 258 g/mol. The first-order valence-electron chi connectivity index (χ1n) is 7.27. The maximum atomic E-state index is 5.79. The second-order valence-electron chi connectivity index (χ2n) is 4.96. The van der Waals surface area contributed by atoms with Crippen molar-refractivity contribution >= 4 is 0 Å². The van der Waals surface area contributed by atoms with Crippen LogP contribution < -0.4 is 4.74 Å². The number of nitrogens with zero attached hydrogens (tertiary/aromatic N) is 1. The third-order valence-electron chi connectivity index (χ3n) is 3.55. The number of rotatable bonds is 4. The van der Waals surface area contributed by atoms with E-state index in [9.17, 15) is 0 Å². The lowest BCUT2D eigenvalue weighted by molar-refractivity contribution is 0.339. The van der Waals surface area contributed by atoms with Gasteiger partial charge in [-0.1, -0.05) is 42.5 Å². The zero-order valence-electron chi connectivity index (χ0n) is 12.4. The second kappa shape index (κ2) is 5.88. The van der Waals surface area contributed by atoms with Gasteiger partial charge in [-0.25, -0.2) is 0 Å². The highest BCUT2D eigenvalue weighted by atomic mass is 16.5. The van der Waals surface area contributed by atoms with E-state index in [0.717, 1.165) is 11.4 Å². The predicted octanol–water partition coefficient (Wildman–Crippen LogP) is 4.85. The highest BCUT2D eigenvalue weighted by molar-refractivity contribution is 5.65. The van der Waals surface area contributed by atoms with Gasteiger partial charge in [-0.05, 0) is 43.7 Å². The summed E-state index contributed by atoms with van der Waals surface area (Å²) < 4.78 is 8.04. The Morgan fingerprint density at radius 1 is 0.857 bits per heavy atom. The third kappa shape index (κ3) is 2.57. The van der Waals surface area contributed by atoms with Crippen LogP contribution in [0.4, 0.5) is 0 Å². The summed E-state index contributed by atoms with van der Waals surface area (Å²) in [5.41, 5.74) is 4.67. The fraction of sp³-hybridized carbons (Fsp3) is 0.158. The van der Waals surface area contributed by atoms with Crippen molar-refractivity contribution in [3.8, 4) is 22.7 Å². The Hall–Kier alpha value is -2.48. The topological polar surface area (TPSA) is 14.2 Å². The van der Waals surface area contributed by atoms with Crippen molar-refractivity contribution in [1.29, 1.82) is 0 Å². The molecule has 0 aliphatic carbocycles. The van der Waals surface area contributed by atoms with E-state index in [1.807, 2.05) is 31.2 Å². The fourth-order valence-electron chi connectivity index (χ4n) is 2.61. The van der Waals surface area contributed by atoms with Gasteiger partial charge in [0.1, 0.15) is 5.75 Å². The second-order valence-corrected chi connectivity index (χ2v) is 4.96. The minimum atomic E-state index is 0.665. The number of ether oxygens (including phenoxy) is 1. The van der Waals surface area contributed by atoms with Crippen molar-refractivity contribution in [2.45, 2.75) is 13.8 Å². The number of aromatic nitrogens is 1. The molecule has 2 nitrogen and oxygen atoms in total. The van der Waals surface area contributed by atoms with E-state index in [-0.39, 0.29) is 0 Å². The van der Waals surface area contributed by atoms with Crippen LogP contribution in [0.2, 0.25) is 0 Å². The van der Waals surface area contributed by atoms with Gasteiger partial charge < -0.3 is 9.30 Å². The maximum absolute atomic E-state index is 5.79. The van der Waals surface area contributed by atoms with Crippen molar-refractivity contribution in [2.24, 2.45) is 0 Å². The molecular formula is C19H19NO. The van der Waals surface area contributed by atoms with Gasteiger partial charge in [-0.15, -0.1) is 0 Å². The molecule has 0 spiro atoms. The van der Waals surface area contributed by atoms with E-state index in [0.29, 0.717) is 6.61 Å². The zero-order valence-corrected chi connectivity index (χ0v) is 12.4. The molecule has 0 fully saturated rings. The van der Waals surface area contributed by atoms with Crippen LogP contribution in [-0.2, 0) is 0 Å². The minimum absolute atomic E-state index is 0.665. The van der Waals surface area contributed by atoms with E-state index in [1.54, 1.807) is 0 Å². The Kier molecular flexibility index (Phi) is 3.78. The van der Waals surface area contributed by atoms with Crippen molar-refractivity contribution < 1.29 is 4.74 Å². The standard InChI is InChI=1S/C19H19NO/c1-3-21-19-12-8-7-11-18(19)20-15(2)13-14-17(20)16-9-5-4-6-10-16/h4-14H,3H2,1-2H3. The smallest absolute Gasteiger partial charge is 0.143 e. The molecule has 0 saturated carbocycles. The average Bonchev–Trinajstić information content (AvgIpc) is 2.91. The van der Waals surface area contributed by atoms with Gasteiger partial charge >= 0.3 is 0 Å². The van der Waals surface area contributed by atoms with Gasteiger partial charge in [0.05, 0.1) is 18.0 Å². The van der Waals surface area contributed by atoms with Crippen LogP contribution in [0.5, 0.6) is 5.75 Å². The molecule has 1 heterocycles. The molecule has 0 bridgehead atoms. The Morgan fingerprint density at radius 2 is 1.57 bits per heavy atom. The van der Waals surface area contributed by atoms with Crippen LogP contribution in [0.1, 0.15) is 12.6 Å². The fourth-order valence-corrected chi connectivity index (χ4v) is 2.61. The van der Waals surface area contributed by atoms with Gasteiger partial charge in [0.2, 0.25) is 0 Å². The summed E-state index contributed by atoms with van der Waals surface area (Å²) in [4.78, 5) is 0. The third-order valence-corrected chi connectivity index (χ3v) is 3.55. The van der Waals surface area contributed by atoms with Crippen molar-refractivity contribution in [1.82, 2.24) is 4.57 Å². The lowest BCUT2D eigenvalue weighted by Gasteiger charge is -2.16. The summed E-state index contributed by atoms with van der Waals surface area (Å²) in [7, 11) is 0. The van der Waals surface area contributed by atoms with Crippen molar-refractivity contribution in [3.63, 3.8) is 0 Å². The molecule has 1 aromatic heterocycles. The average molecular weight is 277 g/mol. The molecule has 0 atom stereocenters. The first-order chi connectivity index (χ1) is 10.3. The molecule has 0 aliphatic heterocycles. The lowest BCUT2D eigenvalue weighted by Crippen LogP contribution is -2.03. The molecule has 106 valence electrons. The molecule has 0 aliphatic rings. The zero-order chi connectivity index (χ0) is 14.7. The van der Waals surface area contributed by atoms with E-state index >= 15 is 0 Å². The molecule has 0 amide bonds. The van der Waals surface area contributed by atoms with E-state index in [1.165, 1.54) is 17.0 Å². The highest BCUT2D eigenvalue weighted by Gasteiger charge is 2.12.